The lowest BCUT2D eigenvalue weighted by molar-refractivity contribution is -0.140. The number of benzene rings is 2. The molecule has 1 aliphatic rings. The fraction of sp³-hybridized carbons (Fsp3) is 0.200. The van der Waals surface area contributed by atoms with Crippen LogP contribution in [-0.4, -0.2) is 47.1 Å². The maximum atomic E-state index is 13.2. The van der Waals surface area contributed by atoms with E-state index in [1.807, 2.05) is 0 Å². The third kappa shape index (κ3) is 3.41. The van der Waals surface area contributed by atoms with Gasteiger partial charge in [-0.25, -0.2) is 4.39 Å². The maximum Gasteiger partial charge on any atom is 0.295 e. The second-order valence-electron chi connectivity index (χ2n) is 6.00. The summed E-state index contributed by atoms with van der Waals surface area (Å²) in [7, 11) is 1.52. The van der Waals surface area contributed by atoms with Gasteiger partial charge in [0.25, 0.3) is 11.7 Å². The van der Waals surface area contributed by atoms with Crippen LogP contribution in [-0.2, 0) is 9.59 Å². The summed E-state index contributed by atoms with van der Waals surface area (Å²) in [5, 5.41) is 20.0. The predicted octanol–water partition coefficient (Wildman–Crippen LogP) is 2.25. The average molecular weight is 371 g/mol. The number of likely N-dealkylation sites (tertiary alicyclic amines) is 1. The van der Waals surface area contributed by atoms with E-state index in [-0.39, 0.29) is 24.3 Å². The first-order chi connectivity index (χ1) is 13.0. The number of rotatable bonds is 5. The minimum absolute atomic E-state index is 0.0680. The van der Waals surface area contributed by atoms with Gasteiger partial charge in [0, 0.05) is 12.1 Å². The summed E-state index contributed by atoms with van der Waals surface area (Å²) >= 11 is 0. The van der Waals surface area contributed by atoms with Gasteiger partial charge < -0.3 is 19.8 Å². The van der Waals surface area contributed by atoms with Crippen LogP contribution in [0.15, 0.2) is 54.1 Å². The summed E-state index contributed by atoms with van der Waals surface area (Å²) in [6, 6.07) is 10.8. The highest BCUT2D eigenvalue weighted by atomic mass is 19.1. The molecule has 1 unspecified atom stereocenters. The summed E-state index contributed by atoms with van der Waals surface area (Å²) in [5.41, 5.74) is 0.689. The van der Waals surface area contributed by atoms with Gasteiger partial charge in [-0.05, 0) is 42.0 Å². The Bertz CT molecular complexity index is 890. The average Bonchev–Trinajstić information content (AvgIpc) is 2.93. The van der Waals surface area contributed by atoms with E-state index < -0.39 is 29.3 Å². The molecule has 6 nitrogen and oxygen atoms in total. The fourth-order valence-corrected chi connectivity index (χ4v) is 3.11. The van der Waals surface area contributed by atoms with Gasteiger partial charge in [-0.1, -0.05) is 12.1 Å². The second-order valence-corrected chi connectivity index (χ2v) is 6.00. The Balaban J connectivity index is 2.15. The number of aliphatic hydroxyl groups is 2. The van der Waals surface area contributed by atoms with Gasteiger partial charge in [-0.15, -0.1) is 0 Å². The molecule has 1 fully saturated rings. The molecule has 1 saturated heterocycles. The Morgan fingerprint density at radius 3 is 2.30 bits per heavy atom. The first-order valence-electron chi connectivity index (χ1n) is 8.27. The fourth-order valence-electron chi connectivity index (χ4n) is 3.11. The molecule has 0 aromatic heterocycles. The monoisotopic (exact) mass is 371 g/mol. The van der Waals surface area contributed by atoms with Gasteiger partial charge in [0.1, 0.15) is 17.3 Å². The van der Waals surface area contributed by atoms with Gasteiger partial charge in [0.15, 0.2) is 0 Å². The SMILES string of the molecule is COc1ccc(C2/C(=C(/O)c3ccc(F)cc3)C(=O)C(=O)N2CCO)cc1. The zero-order chi connectivity index (χ0) is 19.6. The number of hydrogen-bond donors (Lipinski definition) is 2. The van der Waals surface area contributed by atoms with Crippen molar-refractivity contribution in [1.82, 2.24) is 4.90 Å². The molecule has 0 bridgehead atoms. The summed E-state index contributed by atoms with van der Waals surface area (Å²) in [6.07, 6.45) is 0. The first kappa shape index (κ1) is 18.6. The van der Waals surface area contributed by atoms with Crippen LogP contribution in [0.5, 0.6) is 5.75 Å². The zero-order valence-corrected chi connectivity index (χ0v) is 14.6. The molecule has 1 amide bonds. The highest BCUT2D eigenvalue weighted by molar-refractivity contribution is 6.46. The number of methoxy groups -OCH3 is 1. The third-order valence-corrected chi connectivity index (χ3v) is 4.43. The van der Waals surface area contributed by atoms with Crippen molar-refractivity contribution in [1.29, 1.82) is 0 Å². The Morgan fingerprint density at radius 2 is 1.74 bits per heavy atom. The highest BCUT2D eigenvalue weighted by Crippen LogP contribution is 2.39. The van der Waals surface area contributed by atoms with Gasteiger partial charge in [-0.2, -0.15) is 0 Å². The van der Waals surface area contributed by atoms with E-state index in [9.17, 15) is 24.2 Å². The number of Topliss-reactive ketones (excluding diaryl/α,β-unsaturated/α-hetero) is 1. The van der Waals surface area contributed by atoms with Gasteiger partial charge in [0.2, 0.25) is 0 Å². The van der Waals surface area contributed by atoms with Crippen molar-refractivity contribution in [2.75, 3.05) is 20.3 Å². The molecule has 2 N–H and O–H groups in total. The van der Waals surface area contributed by atoms with Crippen LogP contribution in [0, 0.1) is 5.82 Å². The van der Waals surface area contributed by atoms with Gasteiger partial charge >= 0.3 is 0 Å². The molecular formula is C20H18FNO5. The number of halogens is 1. The number of ether oxygens (including phenoxy) is 1. The van der Waals surface area contributed by atoms with E-state index in [1.54, 1.807) is 24.3 Å². The van der Waals surface area contributed by atoms with Crippen LogP contribution < -0.4 is 4.74 Å². The second kappa shape index (κ2) is 7.59. The van der Waals surface area contributed by atoms with E-state index in [2.05, 4.69) is 0 Å². The molecule has 2 aromatic rings. The lowest BCUT2D eigenvalue weighted by atomic mass is 9.95. The number of β-amino-alcohol motifs (C(OH)–C–C–N with tert-alkyl or cyclic N) is 1. The lowest BCUT2D eigenvalue weighted by Crippen LogP contribution is -2.32. The van der Waals surface area contributed by atoms with Crippen molar-refractivity contribution >= 4 is 17.4 Å². The van der Waals surface area contributed by atoms with E-state index in [1.165, 1.54) is 24.1 Å². The topological polar surface area (TPSA) is 87.1 Å². The smallest absolute Gasteiger partial charge is 0.295 e. The molecule has 0 radical (unpaired) electrons. The van der Waals surface area contributed by atoms with Crippen LogP contribution in [0.25, 0.3) is 5.76 Å². The molecule has 0 aliphatic carbocycles. The zero-order valence-electron chi connectivity index (χ0n) is 14.6. The van der Waals surface area contributed by atoms with Crippen LogP contribution in [0.2, 0.25) is 0 Å². The van der Waals surface area contributed by atoms with Crippen molar-refractivity contribution in [3.63, 3.8) is 0 Å². The van der Waals surface area contributed by atoms with Crippen molar-refractivity contribution in [3.8, 4) is 5.75 Å². The largest absolute Gasteiger partial charge is 0.507 e. The molecule has 140 valence electrons. The minimum atomic E-state index is -0.867. The molecular weight excluding hydrogens is 353 g/mol. The number of hydrogen-bond acceptors (Lipinski definition) is 5. The number of amides is 1. The van der Waals surface area contributed by atoms with Crippen LogP contribution in [0.3, 0.4) is 0 Å². The standard InChI is InChI=1S/C20H18FNO5/c1-27-15-8-4-12(5-9-15)17-16(19(25)20(26)22(17)10-11-23)18(24)13-2-6-14(21)7-3-13/h2-9,17,23-24H,10-11H2,1H3/b18-16-. The molecule has 3 rings (SSSR count). The Labute approximate surface area is 155 Å². The molecule has 0 saturated carbocycles. The van der Waals surface area contributed by atoms with Crippen LogP contribution in [0.4, 0.5) is 4.39 Å². The number of nitrogens with zero attached hydrogens (tertiary/aromatic N) is 1. The van der Waals surface area contributed by atoms with E-state index in [0.29, 0.717) is 11.3 Å². The number of ketones is 1. The third-order valence-electron chi connectivity index (χ3n) is 4.43. The van der Waals surface area contributed by atoms with E-state index >= 15 is 0 Å². The van der Waals surface area contributed by atoms with Crippen LogP contribution in [0.1, 0.15) is 17.2 Å². The van der Waals surface area contributed by atoms with Gasteiger partial charge in [0.05, 0.1) is 25.3 Å². The van der Waals surface area contributed by atoms with Crippen LogP contribution >= 0.6 is 0 Å². The van der Waals surface area contributed by atoms with Crippen molar-refractivity contribution in [2.45, 2.75) is 6.04 Å². The minimum Gasteiger partial charge on any atom is -0.507 e. The molecule has 1 aliphatic heterocycles. The van der Waals surface area contributed by atoms with Crippen molar-refractivity contribution in [3.05, 3.63) is 71.0 Å². The summed E-state index contributed by atoms with van der Waals surface area (Å²) in [4.78, 5) is 26.2. The number of aliphatic hydroxyl groups excluding tert-OH is 2. The summed E-state index contributed by atoms with van der Waals surface area (Å²) in [5.74, 6) is -1.95. The van der Waals surface area contributed by atoms with E-state index in [0.717, 1.165) is 12.1 Å². The first-order valence-corrected chi connectivity index (χ1v) is 8.27. The molecule has 2 aromatic carbocycles. The Kier molecular flexibility index (Phi) is 5.23. The summed E-state index contributed by atoms with van der Waals surface area (Å²) < 4.78 is 18.3. The number of carbonyl (C=O) groups excluding carboxylic acids is 2. The van der Waals surface area contributed by atoms with Crippen molar-refractivity contribution < 1.29 is 28.9 Å². The molecule has 0 spiro atoms. The number of carbonyl (C=O) groups is 2. The molecule has 1 atom stereocenters. The molecule has 7 heteroatoms. The van der Waals surface area contributed by atoms with Gasteiger partial charge in [-0.3, -0.25) is 9.59 Å². The maximum absolute atomic E-state index is 13.2. The highest BCUT2D eigenvalue weighted by Gasteiger charge is 2.45. The summed E-state index contributed by atoms with van der Waals surface area (Å²) in [6.45, 7) is -0.405. The Morgan fingerprint density at radius 1 is 1.11 bits per heavy atom. The molecule has 27 heavy (non-hydrogen) atoms. The Hall–Kier alpha value is -3.19. The lowest BCUT2D eigenvalue weighted by Gasteiger charge is -2.24. The molecule has 1 heterocycles. The van der Waals surface area contributed by atoms with Crippen molar-refractivity contribution in [2.24, 2.45) is 0 Å². The van der Waals surface area contributed by atoms with E-state index in [4.69, 9.17) is 4.74 Å². The normalized spacial score (nSPS) is 18.8. The quantitative estimate of drug-likeness (QED) is 0.478. The predicted molar refractivity (Wildman–Crippen MR) is 95.5 cm³/mol.